The minimum absolute atomic E-state index is 0.0457. The number of ether oxygens (including phenoxy) is 1. The van der Waals surface area contributed by atoms with E-state index in [0.29, 0.717) is 17.8 Å². The number of carbonyl (C=O) groups is 1. The maximum Gasteiger partial charge on any atom is 0.310 e. The first kappa shape index (κ1) is 6.70. The topological polar surface area (TPSA) is 26.3 Å². The van der Waals surface area contributed by atoms with Crippen LogP contribution in [0.1, 0.15) is 13.3 Å². The lowest BCUT2D eigenvalue weighted by atomic mass is 9.82. The molecule has 3 rings (SSSR count). The van der Waals surface area contributed by atoms with Crippen LogP contribution >= 0.6 is 0 Å². The summed E-state index contributed by atoms with van der Waals surface area (Å²) in [5, 5.41) is 0. The Morgan fingerprint density at radius 1 is 1.42 bits per heavy atom. The van der Waals surface area contributed by atoms with Crippen LogP contribution in [-0.4, -0.2) is 12.1 Å². The lowest BCUT2D eigenvalue weighted by Crippen LogP contribution is -2.22. The fourth-order valence-corrected chi connectivity index (χ4v) is 3.17. The van der Waals surface area contributed by atoms with E-state index in [1.54, 1.807) is 0 Å². The van der Waals surface area contributed by atoms with Gasteiger partial charge in [0.05, 0.1) is 5.92 Å². The van der Waals surface area contributed by atoms with Crippen molar-refractivity contribution >= 4 is 5.97 Å². The first-order chi connectivity index (χ1) is 5.77. The first-order valence-corrected chi connectivity index (χ1v) is 4.66. The minimum atomic E-state index is 0.0457. The van der Waals surface area contributed by atoms with Crippen molar-refractivity contribution in [2.24, 2.45) is 23.7 Å². The standard InChI is InChI=1S/C10H12O2/c1-5-8-6-2-3-7(4-6)9(8)10(11)12-5/h2-3,5-9H,4H2,1H3/t5-,6-,7+,8+,9-/m0/s1. The van der Waals surface area contributed by atoms with Gasteiger partial charge in [-0.2, -0.15) is 0 Å². The summed E-state index contributed by atoms with van der Waals surface area (Å²) >= 11 is 0. The highest BCUT2D eigenvalue weighted by Crippen LogP contribution is 2.53. The van der Waals surface area contributed by atoms with Crippen molar-refractivity contribution in [2.45, 2.75) is 19.4 Å². The Hall–Kier alpha value is -0.790. The summed E-state index contributed by atoms with van der Waals surface area (Å²) < 4.78 is 5.23. The van der Waals surface area contributed by atoms with Crippen molar-refractivity contribution in [3.63, 3.8) is 0 Å². The zero-order chi connectivity index (χ0) is 8.29. The third-order valence-corrected chi connectivity index (χ3v) is 3.64. The zero-order valence-corrected chi connectivity index (χ0v) is 7.07. The molecular weight excluding hydrogens is 152 g/mol. The molecule has 0 unspecified atom stereocenters. The largest absolute Gasteiger partial charge is 0.462 e. The molecule has 0 amide bonds. The van der Waals surface area contributed by atoms with Crippen LogP contribution in [-0.2, 0) is 9.53 Å². The first-order valence-electron chi connectivity index (χ1n) is 4.66. The van der Waals surface area contributed by atoms with Crippen LogP contribution in [0.5, 0.6) is 0 Å². The van der Waals surface area contributed by atoms with E-state index in [9.17, 15) is 4.79 Å². The van der Waals surface area contributed by atoms with Gasteiger partial charge in [-0.15, -0.1) is 0 Å². The van der Waals surface area contributed by atoms with Crippen LogP contribution < -0.4 is 0 Å². The van der Waals surface area contributed by atoms with Gasteiger partial charge in [0.25, 0.3) is 0 Å². The minimum Gasteiger partial charge on any atom is -0.462 e. The van der Waals surface area contributed by atoms with Gasteiger partial charge in [-0.05, 0) is 25.2 Å². The summed E-state index contributed by atoms with van der Waals surface area (Å²) in [6.07, 6.45) is 5.81. The summed E-state index contributed by atoms with van der Waals surface area (Å²) in [4.78, 5) is 11.4. The molecular formula is C10H12O2. The molecule has 0 aromatic heterocycles. The van der Waals surface area contributed by atoms with Crippen molar-refractivity contribution < 1.29 is 9.53 Å². The number of fused-ring (bicyclic) bond motifs is 5. The van der Waals surface area contributed by atoms with E-state index in [4.69, 9.17) is 4.74 Å². The molecule has 5 atom stereocenters. The quantitative estimate of drug-likeness (QED) is 0.399. The molecule has 0 spiro atoms. The van der Waals surface area contributed by atoms with Gasteiger partial charge in [0.15, 0.2) is 0 Å². The van der Waals surface area contributed by atoms with Crippen molar-refractivity contribution in [3.05, 3.63) is 12.2 Å². The van der Waals surface area contributed by atoms with Gasteiger partial charge in [0, 0.05) is 5.92 Å². The van der Waals surface area contributed by atoms with Gasteiger partial charge in [-0.25, -0.2) is 0 Å². The van der Waals surface area contributed by atoms with Gasteiger partial charge >= 0.3 is 5.97 Å². The van der Waals surface area contributed by atoms with Crippen LogP contribution in [0.25, 0.3) is 0 Å². The van der Waals surface area contributed by atoms with Gasteiger partial charge in [-0.3, -0.25) is 4.79 Å². The zero-order valence-electron chi connectivity index (χ0n) is 7.07. The van der Waals surface area contributed by atoms with Crippen LogP contribution in [0.4, 0.5) is 0 Å². The Bertz CT molecular complexity index is 269. The highest BCUT2D eigenvalue weighted by Gasteiger charge is 2.56. The van der Waals surface area contributed by atoms with E-state index in [0.717, 1.165) is 0 Å². The molecule has 2 fully saturated rings. The Balaban J connectivity index is 2.03. The van der Waals surface area contributed by atoms with Crippen LogP contribution in [0.15, 0.2) is 12.2 Å². The number of hydrogen-bond donors (Lipinski definition) is 0. The van der Waals surface area contributed by atoms with Crippen LogP contribution in [0.2, 0.25) is 0 Å². The van der Waals surface area contributed by atoms with Gasteiger partial charge in [-0.1, -0.05) is 12.2 Å². The van der Waals surface area contributed by atoms with Crippen LogP contribution in [0, 0.1) is 23.7 Å². The SMILES string of the molecule is C[C@@H]1OC(=O)[C@@H]2[C@H]1[C@H]1C=C[C@@H]2C1. The fraction of sp³-hybridized carbons (Fsp3) is 0.700. The van der Waals surface area contributed by atoms with Crippen molar-refractivity contribution in [3.8, 4) is 0 Å². The summed E-state index contributed by atoms with van der Waals surface area (Å²) in [6, 6.07) is 0. The number of hydrogen-bond acceptors (Lipinski definition) is 2. The van der Waals surface area contributed by atoms with Crippen molar-refractivity contribution in [1.29, 1.82) is 0 Å². The number of cyclic esters (lactones) is 1. The lowest BCUT2D eigenvalue weighted by Gasteiger charge is -2.18. The number of carbonyl (C=O) groups excluding carboxylic acids is 1. The summed E-state index contributed by atoms with van der Waals surface area (Å²) in [7, 11) is 0. The van der Waals surface area contributed by atoms with E-state index in [-0.39, 0.29) is 18.0 Å². The Morgan fingerprint density at radius 3 is 2.92 bits per heavy atom. The maximum absolute atomic E-state index is 11.4. The Kier molecular flexibility index (Phi) is 1.07. The number of rotatable bonds is 0. The molecule has 2 heteroatoms. The number of allylic oxidation sites excluding steroid dienone is 2. The summed E-state index contributed by atoms with van der Waals surface area (Å²) in [5.74, 6) is 1.87. The molecule has 1 saturated heterocycles. The van der Waals surface area contributed by atoms with E-state index in [1.807, 2.05) is 6.92 Å². The molecule has 2 aliphatic carbocycles. The average Bonchev–Trinajstić information content (AvgIpc) is 2.64. The molecule has 3 aliphatic rings. The molecule has 2 bridgehead atoms. The second-order valence-electron chi connectivity index (χ2n) is 4.19. The van der Waals surface area contributed by atoms with Crippen molar-refractivity contribution in [2.75, 3.05) is 0 Å². The predicted molar refractivity (Wildman–Crippen MR) is 43.3 cm³/mol. The van der Waals surface area contributed by atoms with Gasteiger partial charge < -0.3 is 4.74 Å². The highest BCUT2D eigenvalue weighted by atomic mass is 16.6. The molecule has 1 aliphatic heterocycles. The highest BCUT2D eigenvalue weighted by molar-refractivity contribution is 5.77. The van der Waals surface area contributed by atoms with Gasteiger partial charge in [0.1, 0.15) is 6.10 Å². The van der Waals surface area contributed by atoms with E-state index >= 15 is 0 Å². The molecule has 12 heavy (non-hydrogen) atoms. The maximum atomic E-state index is 11.4. The number of esters is 1. The molecule has 0 aromatic carbocycles. The lowest BCUT2D eigenvalue weighted by molar-refractivity contribution is -0.144. The predicted octanol–water partition coefficient (Wildman–Crippen LogP) is 1.37. The third-order valence-electron chi connectivity index (χ3n) is 3.64. The van der Waals surface area contributed by atoms with Crippen LogP contribution in [0.3, 0.4) is 0 Å². The summed E-state index contributed by atoms with van der Waals surface area (Å²) in [5.41, 5.74) is 0. The third kappa shape index (κ3) is 0.598. The molecule has 0 N–H and O–H groups in total. The van der Waals surface area contributed by atoms with Crippen molar-refractivity contribution in [1.82, 2.24) is 0 Å². The van der Waals surface area contributed by atoms with E-state index < -0.39 is 0 Å². The smallest absolute Gasteiger partial charge is 0.310 e. The normalized spacial score (nSPS) is 54.4. The fourth-order valence-electron chi connectivity index (χ4n) is 3.17. The molecule has 1 heterocycles. The van der Waals surface area contributed by atoms with E-state index in [1.165, 1.54) is 6.42 Å². The second kappa shape index (κ2) is 1.93. The molecule has 2 nitrogen and oxygen atoms in total. The Labute approximate surface area is 71.6 Å². The average molecular weight is 164 g/mol. The summed E-state index contributed by atoms with van der Waals surface area (Å²) in [6.45, 7) is 2.02. The second-order valence-corrected chi connectivity index (χ2v) is 4.19. The molecule has 0 aromatic rings. The molecule has 64 valence electrons. The van der Waals surface area contributed by atoms with E-state index in [2.05, 4.69) is 12.2 Å². The Morgan fingerprint density at radius 2 is 2.17 bits per heavy atom. The van der Waals surface area contributed by atoms with Gasteiger partial charge in [0.2, 0.25) is 0 Å². The monoisotopic (exact) mass is 164 g/mol. The molecule has 0 radical (unpaired) electrons. The molecule has 1 saturated carbocycles.